The number of carbonyl (C=O) groups is 4. The van der Waals surface area contributed by atoms with Gasteiger partial charge in [0, 0.05) is 55.7 Å². The number of hydrogen-bond acceptors (Lipinski definition) is 10. The fourth-order valence-electron chi connectivity index (χ4n) is 9.76. The molecular formula is C47H49ClF3N9O5. The van der Waals surface area contributed by atoms with E-state index < -0.39 is 29.4 Å². The first-order valence-corrected chi connectivity index (χ1v) is 22.7. The maximum Gasteiger partial charge on any atom is 0.272 e. The van der Waals surface area contributed by atoms with Crippen LogP contribution in [0.3, 0.4) is 0 Å². The Hall–Kier alpha value is -6.07. The van der Waals surface area contributed by atoms with Gasteiger partial charge in [0.25, 0.3) is 11.8 Å². The minimum atomic E-state index is -0.782. The van der Waals surface area contributed by atoms with Crippen LogP contribution in [0.2, 0.25) is 5.02 Å². The number of H-pyrrole nitrogens is 1. The number of piperazine rings is 1. The van der Waals surface area contributed by atoms with E-state index >= 15 is 8.78 Å². The van der Waals surface area contributed by atoms with Crippen molar-refractivity contribution in [1.82, 2.24) is 40.0 Å². The average molecular weight is 912 g/mol. The molecular weight excluding hydrogens is 863 g/mol. The number of likely N-dealkylation sites (tertiary alicyclic amines) is 1. The molecule has 6 heterocycles. The Morgan fingerprint density at radius 2 is 1.68 bits per heavy atom. The fourth-order valence-corrected chi connectivity index (χ4v) is 10.1. The summed E-state index contributed by atoms with van der Waals surface area (Å²) in [5.41, 5.74) is 2.13. The number of nitrogens with zero attached hydrogens (tertiary/aromatic N) is 7. The molecule has 0 saturated carbocycles. The third-order valence-corrected chi connectivity index (χ3v) is 13.5. The number of halogens is 4. The van der Waals surface area contributed by atoms with Gasteiger partial charge in [0.05, 0.1) is 29.7 Å². The number of carbonyl (C=O) groups excluding carboxylic acids is 4. The van der Waals surface area contributed by atoms with E-state index in [0.29, 0.717) is 61.7 Å². The van der Waals surface area contributed by atoms with Crippen molar-refractivity contribution in [3.8, 4) is 16.9 Å². The third kappa shape index (κ3) is 9.12. The topological polar surface area (TPSA) is 157 Å². The van der Waals surface area contributed by atoms with Crippen LogP contribution in [0.5, 0.6) is 5.75 Å². The number of hydrogen-bond donors (Lipinski definition) is 2. The van der Waals surface area contributed by atoms with E-state index in [1.165, 1.54) is 42.0 Å². The first-order chi connectivity index (χ1) is 31.5. The summed E-state index contributed by atoms with van der Waals surface area (Å²) in [6.45, 7) is 4.91. The zero-order valence-electron chi connectivity index (χ0n) is 35.8. The summed E-state index contributed by atoms with van der Waals surface area (Å²) in [5, 5.41) is 2.69. The summed E-state index contributed by atoms with van der Waals surface area (Å²) in [6.07, 6.45) is 10.9. The molecule has 5 aromatic rings. The number of imide groups is 1. The van der Waals surface area contributed by atoms with E-state index in [0.717, 1.165) is 69.3 Å². The zero-order chi connectivity index (χ0) is 45.2. The smallest absolute Gasteiger partial charge is 0.272 e. The number of anilines is 1. The largest absolute Gasteiger partial charge is 0.493 e. The van der Waals surface area contributed by atoms with Gasteiger partial charge >= 0.3 is 0 Å². The summed E-state index contributed by atoms with van der Waals surface area (Å²) in [4.78, 5) is 73.4. The van der Waals surface area contributed by atoms with E-state index in [4.69, 9.17) is 16.3 Å². The van der Waals surface area contributed by atoms with Crippen LogP contribution >= 0.6 is 11.6 Å². The van der Waals surface area contributed by atoms with Crippen molar-refractivity contribution in [3.63, 3.8) is 0 Å². The van der Waals surface area contributed by atoms with E-state index in [1.807, 2.05) is 4.90 Å². The second kappa shape index (κ2) is 19.2. The van der Waals surface area contributed by atoms with E-state index in [2.05, 4.69) is 30.2 Å². The molecule has 0 spiro atoms. The summed E-state index contributed by atoms with van der Waals surface area (Å²) < 4.78 is 53.0. The molecule has 0 bridgehead atoms. The van der Waals surface area contributed by atoms with Crippen LogP contribution in [-0.4, -0.2) is 117 Å². The number of piperidine rings is 2. The maximum atomic E-state index is 16.5. The lowest BCUT2D eigenvalue weighted by atomic mass is 9.85. The van der Waals surface area contributed by atoms with Crippen molar-refractivity contribution in [2.75, 3.05) is 57.3 Å². The Kier molecular flexibility index (Phi) is 13.0. The van der Waals surface area contributed by atoms with Crippen molar-refractivity contribution in [3.05, 3.63) is 100 Å². The highest BCUT2D eigenvalue weighted by Crippen LogP contribution is 2.43. The van der Waals surface area contributed by atoms with Crippen LogP contribution in [-0.2, 0) is 16.1 Å². The molecule has 1 unspecified atom stereocenters. The number of unbranched alkanes of at least 4 members (excludes halogenated alkanes) is 4. The van der Waals surface area contributed by atoms with Gasteiger partial charge in [-0.3, -0.25) is 24.5 Å². The molecule has 9 rings (SSSR count). The molecule has 4 amide bonds. The summed E-state index contributed by atoms with van der Waals surface area (Å²) in [5.74, 6) is -2.51. The second-order valence-electron chi connectivity index (χ2n) is 17.2. The lowest BCUT2D eigenvalue weighted by Gasteiger charge is -2.35. The number of ether oxygens (including phenoxy) is 1. The molecule has 0 aliphatic carbocycles. The van der Waals surface area contributed by atoms with Crippen molar-refractivity contribution in [1.29, 1.82) is 0 Å². The Labute approximate surface area is 378 Å². The highest BCUT2D eigenvalue weighted by molar-refractivity contribution is 6.34. The second-order valence-corrected chi connectivity index (χ2v) is 17.6. The molecule has 65 heavy (non-hydrogen) atoms. The minimum Gasteiger partial charge on any atom is -0.493 e. The normalized spacial score (nSPS) is 18.4. The van der Waals surface area contributed by atoms with Crippen molar-refractivity contribution in [2.45, 2.75) is 76.3 Å². The number of fused-ring (bicyclic) bond motifs is 2. The van der Waals surface area contributed by atoms with E-state index in [1.54, 1.807) is 23.1 Å². The predicted molar refractivity (Wildman–Crippen MR) is 236 cm³/mol. The van der Waals surface area contributed by atoms with Gasteiger partial charge in [-0.25, -0.2) is 28.1 Å². The Morgan fingerprint density at radius 3 is 2.45 bits per heavy atom. The number of aromatic amines is 1. The first-order valence-electron chi connectivity index (χ1n) is 22.3. The standard InChI is InChI=1S/C47H49ClF3N9O5/c48-34-23-32-43(54-27-55-44(32)58-16-18-59(19-17-58)47(64)36-24-52-26-53-36)42(51)40(34)41-35(50)7-6-8-38(41)65-20-5-3-1-2-4-13-57-14-11-28(12-15-57)30-21-29(49)22-31-33(30)25-60(46(31)63)37-9-10-39(61)56-45(37)62/h6-8,21-24,26-28,37H,1-5,9-20,25H2,(H,52,53)(H,56,61,62). The monoisotopic (exact) mass is 911 g/mol. The van der Waals surface area contributed by atoms with E-state index in [9.17, 15) is 23.6 Å². The minimum absolute atomic E-state index is 0.00327. The molecule has 14 nitrogen and oxygen atoms in total. The SMILES string of the molecule is O=C1CCC(N2Cc3c(cc(F)cc3C3CCN(CCCCCCCOc4cccc(F)c4-c4c(Cl)cc5c(N6CCN(C(=O)c7cnc[nH]7)CC6)ncnc5c4F)CC3)C2=O)C(=O)N1. The van der Waals surface area contributed by atoms with Crippen LogP contribution in [0, 0.1) is 17.5 Å². The molecule has 3 saturated heterocycles. The number of nitrogens with one attached hydrogen (secondary N) is 2. The number of benzene rings is 3. The first kappa shape index (κ1) is 44.1. The fraction of sp³-hybridized carbons (Fsp3) is 0.426. The van der Waals surface area contributed by atoms with Gasteiger partial charge < -0.3 is 29.3 Å². The molecule has 340 valence electrons. The third-order valence-electron chi connectivity index (χ3n) is 13.2. The number of imidazole rings is 1. The number of amides is 4. The Morgan fingerprint density at radius 1 is 0.892 bits per heavy atom. The quantitative estimate of drug-likeness (QED) is 0.0877. The van der Waals surface area contributed by atoms with Crippen LogP contribution in [0.4, 0.5) is 19.0 Å². The van der Waals surface area contributed by atoms with Crippen molar-refractivity contribution in [2.24, 2.45) is 0 Å². The van der Waals surface area contributed by atoms with Crippen LogP contribution in [0.15, 0.2) is 55.2 Å². The average Bonchev–Trinajstić information content (AvgIpc) is 3.96. The molecule has 0 radical (unpaired) electrons. The summed E-state index contributed by atoms with van der Waals surface area (Å²) in [6, 6.07) is 8.00. The molecule has 2 aromatic heterocycles. The van der Waals surface area contributed by atoms with Gasteiger partial charge in [-0.1, -0.05) is 36.9 Å². The molecule has 1 atom stereocenters. The maximum absolute atomic E-state index is 16.5. The lowest BCUT2D eigenvalue weighted by molar-refractivity contribution is -0.136. The lowest BCUT2D eigenvalue weighted by Crippen LogP contribution is -2.52. The Balaban J connectivity index is 0.741. The molecule has 18 heteroatoms. The van der Waals surface area contributed by atoms with Crippen LogP contribution in [0.1, 0.15) is 95.7 Å². The molecule has 2 N–H and O–H groups in total. The molecule has 3 fully saturated rings. The molecule has 4 aliphatic rings. The van der Waals surface area contributed by atoms with Crippen molar-refractivity contribution >= 4 is 52.0 Å². The highest BCUT2D eigenvalue weighted by atomic mass is 35.5. The van der Waals surface area contributed by atoms with Gasteiger partial charge in [-0.15, -0.1) is 0 Å². The summed E-state index contributed by atoms with van der Waals surface area (Å²) in [7, 11) is 0. The van der Waals surface area contributed by atoms with Gasteiger partial charge in [-0.05, 0) is 99.1 Å². The molecule has 4 aliphatic heterocycles. The van der Waals surface area contributed by atoms with Crippen molar-refractivity contribution < 1.29 is 37.1 Å². The predicted octanol–water partition coefficient (Wildman–Crippen LogP) is 7.02. The van der Waals surface area contributed by atoms with Crippen LogP contribution < -0.4 is 15.0 Å². The summed E-state index contributed by atoms with van der Waals surface area (Å²) >= 11 is 6.76. The van der Waals surface area contributed by atoms with Gasteiger partial charge in [0.1, 0.15) is 46.8 Å². The highest BCUT2D eigenvalue weighted by Gasteiger charge is 2.41. The van der Waals surface area contributed by atoms with Gasteiger partial charge in [-0.2, -0.15) is 0 Å². The number of rotatable bonds is 14. The molecule has 3 aromatic carbocycles. The Bertz CT molecular complexity index is 2620. The zero-order valence-corrected chi connectivity index (χ0v) is 36.5. The van der Waals surface area contributed by atoms with Crippen LogP contribution in [0.25, 0.3) is 22.0 Å². The van der Waals surface area contributed by atoms with E-state index in [-0.39, 0.29) is 70.4 Å². The van der Waals surface area contributed by atoms with Gasteiger partial charge in [0.15, 0.2) is 5.82 Å². The van der Waals surface area contributed by atoms with Gasteiger partial charge in [0.2, 0.25) is 11.8 Å². The number of aromatic nitrogens is 4.